The molecule has 0 saturated heterocycles. The zero-order chi connectivity index (χ0) is 14.6. The third kappa shape index (κ3) is 4.24. The molecule has 0 unspecified atom stereocenters. The highest BCUT2D eigenvalue weighted by molar-refractivity contribution is 5.94. The molecule has 0 aromatic carbocycles. The minimum Gasteiger partial charge on any atom is -0.481 e. The van der Waals surface area contributed by atoms with Gasteiger partial charge in [-0.05, 0) is 12.0 Å². The van der Waals surface area contributed by atoms with Gasteiger partial charge in [-0.1, -0.05) is 13.8 Å². The third-order valence-corrected chi connectivity index (χ3v) is 2.74. The first-order chi connectivity index (χ1) is 8.81. The molecular formula is C13H18N2O4. The number of nitrogens with one attached hydrogen (secondary N) is 1. The Labute approximate surface area is 111 Å². The van der Waals surface area contributed by atoms with Crippen LogP contribution in [0.1, 0.15) is 42.2 Å². The average Bonchev–Trinajstić information content (AvgIpc) is 2.34. The topological polar surface area (TPSA) is 90.5 Å². The largest absolute Gasteiger partial charge is 0.481 e. The van der Waals surface area contributed by atoms with Crippen LogP contribution in [0, 0.1) is 0 Å². The molecule has 1 heterocycles. The minimum atomic E-state index is -0.964. The van der Waals surface area contributed by atoms with Crippen LogP contribution >= 0.6 is 0 Å². The molecule has 1 rings (SSSR count). The summed E-state index contributed by atoms with van der Waals surface area (Å²) in [6.45, 7) is 3.93. The molecule has 6 nitrogen and oxygen atoms in total. The van der Waals surface area contributed by atoms with Crippen LogP contribution in [0.4, 0.5) is 0 Å². The van der Waals surface area contributed by atoms with E-state index in [-0.39, 0.29) is 35.9 Å². The van der Waals surface area contributed by atoms with Crippen LogP contribution in [0.3, 0.4) is 0 Å². The third-order valence-electron chi connectivity index (χ3n) is 2.74. The fraction of sp³-hybridized carbons (Fsp3) is 0.462. The number of hydrogen-bond donors (Lipinski definition) is 2. The van der Waals surface area contributed by atoms with Gasteiger partial charge in [0, 0.05) is 30.9 Å². The van der Waals surface area contributed by atoms with E-state index >= 15 is 0 Å². The Hall–Kier alpha value is -2.11. The quantitative estimate of drug-likeness (QED) is 0.833. The summed E-state index contributed by atoms with van der Waals surface area (Å²) in [4.78, 5) is 38.0. The number of aromatic amines is 1. The fourth-order valence-electron chi connectivity index (χ4n) is 1.58. The van der Waals surface area contributed by atoms with E-state index in [9.17, 15) is 14.4 Å². The summed E-state index contributed by atoms with van der Waals surface area (Å²) in [5.74, 6) is -1.22. The summed E-state index contributed by atoms with van der Waals surface area (Å²) in [7, 11) is 1.52. The van der Waals surface area contributed by atoms with Crippen molar-refractivity contribution in [2.45, 2.75) is 26.2 Å². The first-order valence-electron chi connectivity index (χ1n) is 6.02. The van der Waals surface area contributed by atoms with Crippen LogP contribution in [-0.2, 0) is 4.79 Å². The Balaban J connectivity index is 2.93. The van der Waals surface area contributed by atoms with Gasteiger partial charge in [0.1, 0.15) is 0 Å². The highest BCUT2D eigenvalue weighted by atomic mass is 16.4. The zero-order valence-corrected chi connectivity index (χ0v) is 11.3. The molecule has 1 aromatic heterocycles. The van der Waals surface area contributed by atoms with Crippen molar-refractivity contribution < 1.29 is 14.7 Å². The van der Waals surface area contributed by atoms with Crippen LogP contribution in [0.25, 0.3) is 0 Å². The molecule has 0 atom stereocenters. The van der Waals surface area contributed by atoms with E-state index in [4.69, 9.17) is 5.11 Å². The lowest BCUT2D eigenvalue weighted by Crippen LogP contribution is -2.30. The van der Waals surface area contributed by atoms with Crippen LogP contribution in [0.15, 0.2) is 16.9 Å². The van der Waals surface area contributed by atoms with Crippen molar-refractivity contribution in [1.82, 2.24) is 9.88 Å². The summed E-state index contributed by atoms with van der Waals surface area (Å²) in [6, 6.07) is 2.86. The number of carboxylic acid groups (broad SMARTS) is 1. The Morgan fingerprint density at radius 1 is 1.37 bits per heavy atom. The van der Waals surface area contributed by atoms with E-state index in [1.165, 1.54) is 18.0 Å². The number of pyridine rings is 1. The summed E-state index contributed by atoms with van der Waals surface area (Å²) in [5, 5.41) is 8.58. The maximum atomic E-state index is 12.1. The summed E-state index contributed by atoms with van der Waals surface area (Å²) >= 11 is 0. The number of rotatable bonds is 5. The summed E-state index contributed by atoms with van der Waals surface area (Å²) in [5.41, 5.74) is 0.629. The van der Waals surface area contributed by atoms with E-state index in [1.807, 2.05) is 13.8 Å². The molecule has 0 aliphatic rings. The summed E-state index contributed by atoms with van der Waals surface area (Å²) in [6.07, 6.45) is -0.123. The second-order valence-electron chi connectivity index (χ2n) is 4.71. The van der Waals surface area contributed by atoms with Gasteiger partial charge in [-0.25, -0.2) is 0 Å². The Morgan fingerprint density at radius 3 is 2.53 bits per heavy atom. The van der Waals surface area contributed by atoms with Crippen LogP contribution in [-0.4, -0.2) is 40.5 Å². The fourth-order valence-corrected chi connectivity index (χ4v) is 1.58. The molecule has 6 heteroatoms. The predicted molar refractivity (Wildman–Crippen MR) is 70.4 cm³/mol. The normalized spacial score (nSPS) is 10.5. The number of nitrogens with zero attached hydrogens (tertiary/aromatic N) is 1. The van der Waals surface area contributed by atoms with Crippen LogP contribution in [0.2, 0.25) is 0 Å². The van der Waals surface area contributed by atoms with Gasteiger partial charge < -0.3 is 15.0 Å². The summed E-state index contributed by atoms with van der Waals surface area (Å²) < 4.78 is 0. The molecule has 0 spiro atoms. The van der Waals surface area contributed by atoms with Crippen molar-refractivity contribution in [1.29, 1.82) is 0 Å². The molecule has 1 aromatic rings. The van der Waals surface area contributed by atoms with Crippen LogP contribution < -0.4 is 5.56 Å². The lowest BCUT2D eigenvalue weighted by molar-refractivity contribution is -0.137. The van der Waals surface area contributed by atoms with Gasteiger partial charge in [0.15, 0.2) is 0 Å². The van der Waals surface area contributed by atoms with Gasteiger partial charge >= 0.3 is 5.97 Å². The molecule has 0 saturated carbocycles. The second-order valence-corrected chi connectivity index (χ2v) is 4.71. The number of H-pyrrole nitrogens is 1. The van der Waals surface area contributed by atoms with Crippen LogP contribution in [0.5, 0.6) is 0 Å². The van der Waals surface area contributed by atoms with E-state index in [0.29, 0.717) is 5.69 Å². The number of aliphatic carboxylic acids is 1. The number of amides is 1. The van der Waals surface area contributed by atoms with E-state index in [1.54, 1.807) is 6.07 Å². The highest BCUT2D eigenvalue weighted by Crippen LogP contribution is 2.12. The molecule has 0 aliphatic carbocycles. The van der Waals surface area contributed by atoms with E-state index in [0.717, 1.165) is 0 Å². The first kappa shape index (κ1) is 14.9. The molecule has 0 radical (unpaired) electrons. The maximum Gasteiger partial charge on any atom is 0.305 e. The lowest BCUT2D eigenvalue weighted by Gasteiger charge is -2.16. The van der Waals surface area contributed by atoms with Crippen molar-refractivity contribution >= 4 is 11.9 Å². The first-order valence-corrected chi connectivity index (χ1v) is 6.02. The van der Waals surface area contributed by atoms with Gasteiger partial charge in [-0.2, -0.15) is 0 Å². The monoisotopic (exact) mass is 266 g/mol. The molecule has 0 fully saturated rings. The molecule has 1 amide bonds. The number of carboxylic acids is 1. The number of carbonyl (C=O) groups is 2. The standard InChI is InChI=1S/C13H18N2O4/c1-8(2)10-6-9(7-11(16)14-10)13(19)15(3)5-4-12(17)18/h6-8H,4-5H2,1-3H3,(H,14,16)(H,17,18). The SMILES string of the molecule is CC(C)c1cc(C(=O)N(C)CCC(=O)O)cc(=O)[nH]1. The molecule has 2 N–H and O–H groups in total. The number of aromatic nitrogens is 1. The van der Waals surface area contributed by atoms with Gasteiger partial charge in [0.2, 0.25) is 5.56 Å². The van der Waals surface area contributed by atoms with Gasteiger partial charge in [-0.3, -0.25) is 14.4 Å². The lowest BCUT2D eigenvalue weighted by atomic mass is 10.1. The Bertz CT molecular complexity index is 534. The predicted octanol–water partition coefficient (Wildman–Crippen LogP) is 1.05. The average molecular weight is 266 g/mol. The number of carbonyl (C=O) groups excluding carboxylic acids is 1. The van der Waals surface area contributed by atoms with Crippen molar-refractivity contribution in [3.8, 4) is 0 Å². The molecule has 0 aliphatic heterocycles. The van der Waals surface area contributed by atoms with Crippen molar-refractivity contribution in [3.63, 3.8) is 0 Å². The zero-order valence-electron chi connectivity index (χ0n) is 11.3. The van der Waals surface area contributed by atoms with Gasteiger partial charge in [-0.15, -0.1) is 0 Å². The smallest absolute Gasteiger partial charge is 0.305 e. The molecule has 0 bridgehead atoms. The van der Waals surface area contributed by atoms with Crippen molar-refractivity contribution in [2.24, 2.45) is 0 Å². The molecular weight excluding hydrogens is 248 g/mol. The number of hydrogen-bond acceptors (Lipinski definition) is 3. The Kier molecular flexibility index (Phi) is 4.86. The Morgan fingerprint density at radius 2 is 2.00 bits per heavy atom. The highest BCUT2D eigenvalue weighted by Gasteiger charge is 2.15. The van der Waals surface area contributed by atoms with Gasteiger partial charge in [0.25, 0.3) is 5.91 Å². The van der Waals surface area contributed by atoms with Crippen molar-refractivity contribution in [2.75, 3.05) is 13.6 Å². The maximum absolute atomic E-state index is 12.1. The van der Waals surface area contributed by atoms with Gasteiger partial charge in [0.05, 0.1) is 6.42 Å². The molecule has 19 heavy (non-hydrogen) atoms. The van der Waals surface area contributed by atoms with Crippen molar-refractivity contribution in [3.05, 3.63) is 33.7 Å². The van der Waals surface area contributed by atoms with E-state index in [2.05, 4.69) is 4.98 Å². The second kappa shape index (κ2) is 6.17. The molecule has 104 valence electrons. The minimum absolute atomic E-state index is 0.102. The van der Waals surface area contributed by atoms with E-state index < -0.39 is 5.97 Å².